The van der Waals surface area contributed by atoms with Gasteiger partial charge in [0, 0.05) is 6.42 Å². The summed E-state index contributed by atoms with van der Waals surface area (Å²) in [7, 11) is 0. The lowest BCUT2D eigenvalue weighted by molar-refractivity contribution is -0.167. The lowest BCUT2D eigenvalue weighted by Gasteiger charge is -2.39. The van der Waals surface area contributed by atoms with Crippen molar-refractivity contribution < 1.29 is 13.2 Å². The Bertz CT molecular complexity index is 148. The third kappa shape index (κ3) is 3.46. The van der Waals surface area contributed by atoms with Crippen LogP contribution in [-0.2, 0) is 0 Å². The molecule has 0 rings (SSSR count). The Kier molecular flexibility index (Phi) is 2.88. The molecule has 3 heteroatoms. The van der Waals surface area contributed by atoms with Crippen LogP contribution in [0.15, 0.2) is 0 Å². The van der Waals surface area contributed by atoms with Crippen LogP contribution < -0.4 is 0 Å². The van der Waals surface area contributed by atoms with Gasteiger partial charge in [0.1, 0.15) is 0 Å². The predicted octanol–water partition coefficient (Wildman–Crippen LogP) is 4.01. The molecule has 0 aliphatic rings. The van der Waals surface area contributed by atoms with Crippen molar-refractivity contribution in [2.24, 2.45) is 10.8 Å². The Morgan fingerprint density at radius 3 is 1.25 bits per heavy atom. The first-order chi connectivity index (χ1) is 4.96. The number of alkyl halides is 3. The van der Waals surface area contributed by atoms with Crippen molar-refractivity contribution in [3.63, 3.8) is 0 Å². The molecule has 0 saturated carbocycles. The number of halogens is 3. The predicted molar refractivity (Wildman–Crippen MR) is 43.9 cm³/mol. The summed E-state index contributed by atoms with van der Waals surface area (Å²) in [6, 6.07) is 0. The largest absolute Gasteiger partial charge is 0.389 e. The zero-order valence-electron chi connectivity index (χ0n) is 8.34. The Labute approximate surface area is 72.2 Å². The van der Waals surface area contributed by atoms with E-state index in [1.807, 2.05) is 20.8 Å². The third-order valence-electron chi connectivity index (χ3n) is 2.67. The van der Waals surface area contributed by atoms with Gasteiger partial charge in [0.25, 0.3) is 0 Å². The second kappa shape index (κ2) is 2.93. The molecule has 0 heterocycles. The van der Waals surface area contributed by atoms with Crippen LogP contribution in [0.4, 0.5) is 13.2 Å². The van der Waals surface area contributed by atoms with E-state index in [-0.39, 0.29) is 5.41 Å². The van der Waals surface area contributed by atoms with Crippen molar-refractivity contribution in [2.45, 2.75) is 47.2 Å². The van der Waals surface area contributed by atoms with Crippen molar-refractivity contribution in [1.29, 1.82) is 0 Å². The van der Waals surface area contributed by atoms with Gasteiger partial charge < -0.3 is 0 Å². The van der Waals surface area contributed by atoms with Crippen LogP contribution >= 0.6 is 0 Å². The number of hydrogen-bond acceptors (Lipinski definition) is 0. The Morgan fingerprint density at radius 2 is 1.17 bits per heavy atom. The molecule has 0 radical (unpaired) electrons. The van der Waals surface area contributed by atoms with Crippen LogP contribution in [0.25, 0.3) is 0 Å². The number of rotatable bonds is 1. The van der Waals surface area contributed by atoms with Crippen molar-refractivity contribution in [1.82, 2.24) is 0 Å². The highest BCUT2D eigenvalue weighted by molar-refractivity contribution is 4.84. The molecule has 0 aliphatic heterocycles. The van der Waals surface area contributed by atoms with Gasteiger partial charge in [0.2, 0.25) is 0 Å². The normalized spacial score (nSPS) is 15.0. The molecule has 0 N–H and O–H groups in total. The summed E-state index contributed by atoms with van der Waals surface area (Å²) in [5.41, 5.74) is -1.02. The Balaban J connectivity index is 4.44. The molecule has 12 heavy (non-hydrogen) atoms. The second-order valence-corrected chi connectivity index (χ2v) is 4.93. The summed E-state index contributed by atoms with van der Waals surface area (Å²) < 4.78 is 36.2. The van der Waals surface area contributed by atoms with Gasteiger partial charge in [-0.2, -0.15) is 13.2 Å². The quantitative estimate of drug-likeness (QED) is 0.574. The summed E-state index contributed by atoms with van der Waals surface area (Å²) in [5.74, 6) is 0. The molecule has 0 nitrogen and oxygen atoms in total. The van der Waals surface area contributed by atoms with E-state index in [4.69, 9.17) is 0 Å². The lowest BCUT2D eigenvalue weighted by Crippen LogP contribution is -2.34. The third-order valence-corrected chi connectivity index (χ3v) is 2.67. The maximum Gasteiger partial charge on any atom is 0.389 e. The minimum Gasteiger partial charge on any atom is -0.171 e. The average molecular weight is 182 g/mol. The van der Waals surface area contributed by atoms with Gasteiger partial charge in [0.05, 0.1) is 0 Å². The molecule has 0 fully saturated rings. The van der Waals surface area contributed by atoms with E-state index in [1.165, 1.54) is 0 Å². The fourth-order valence-corrected chi connectivity index (χ4v) is 0.766. The molecule has 0 amide bonds. The maximum absolute atomic E-state index is 12.1. The molecular weight excluding hydrogens is 165 g/mol. The van der Waals surface area contributed by atoms with E-state index in [1.54, 1.807) is 13.8 Å². The standard InChI is InChI=1S/C9H17F3/c1-7(2,3)8(4,5)6-9(10,11)12/h6H2,1-5H3. The zero-order chi connectivity index (χ0) is 10.2. The lowest BCUT2D eigenvalue weighted by atomic mass is 9.67. The maximum atomic E-state index is 12.1. The highest BCUT2D eigenvalue weighted by Gasteiger charge is 2.42. The van der Waals surface area contributed by atoms with Crippen LogP contribution in [0.3, 0.4) is 0 Å². The summed E-state index contributed by atoms with van der Waals surface area (Å²) in [6.45, 7) is 8.80. The minimum absolute atomic E-state index is 0.317. The molecule has 0 bridgehead atoms. The van der Waals surface area contributed by atoms with Gasteiger partial charge in [-0.25, -0.2) is 0 Å². The van der Waals surface area contributed by atoms with E-state index < -0.39 is 18.0 Å². The summed E-state index contributed by atoms with van der Waals surface area (Å²) in [4.78, 5) is 0. The SMILES string of the molecule is CC(C)(C)C(C)(C)CC(F)(F)F. The fraction of sp³-hybridized carbons (Fsp3) is 1.00. The van der Waals surface area contributed by atoms with Crippen LogP contribution in [0.1, 0.15) is 41.0 Å². The summed E-state index contributed by atoms with van der Waals surface area (Å²) >= 11 is 0. The van der Waals surface area contributed by atoms with Crippen molar-refractivity contribution >= 4 is 0 Å². The van der Waals surface area contributed by atoms with E-state index >= 15 is 0 Å². The Morgan fingerprint density at radius 1 is 0.833 bits per heavy atom. The van der Waals surface area contributed by atoms with E-state index in [2.05, 4.69) is 0 Å². The van der Waals surface area contributed by atoms with Crippen LogP contribution in [-0.4, -0.2) is 6.18 Å². The molecule has 0 unspecified atom stereocenters. The summed E-state index contributed by atoms with van der Waals surface area (Å²) in [5, 5.41) is 0. The minimum atomic E-state index is -4.06. The molecule has 0 aromatic rings. The molecule has 74 valence electrons. The molecule has 0 aliphatic carbocycles. The second-order valence-electron chi connectivity index (χ2n) is 4.93. The average Bonchev–Trinajstić information content (AvgIpc) is 1.52. The van der Waals surface area contributed by atoms with Gasteiger partial charge in [-0.15, -0.1) is 0 Å². The molecule has 0 atom stereocenters. The molecular formula is C9H17F3. The zero-order valence-corrected chi connectivity index (χ0v) is 8.34. The highest BCUT2D eigenvalue weighted by Crippen LogP contribution is 2.45. The van der Waals surface area contributed by atoms with Crippen molar-refractivity contribution in [2.75, 3.05) is 0 Å². The number of hydrogen-bond donors (Lipinski definition) is 0. The van der Waals surface area contributed by atoms with Gasteiger partial charge in [-0.05, 0) is 10.8 Å². The van der Waals surface area contributed by atoms with Crippen LogP contribution in [0.2, 0.25) is 0 Å². The Hall–Kier alpha value is -0.210. The fourth-order valence-electron chi connectivity index (χ4n) is 0.766. The van der Waals surface area contributed by atoms with Gasteiger partial charge in [-0.1, -0.05) is 34.6 Å². The molecule has 0 aromatic carbocycles. The highest BCUT2D eigenvalue weighted by atomic mass is 19.4. The molecule has 0 aromatic heterocycles. The van der Waals surface area contributed by atoms with Gasteiger partial charge >= 0.3 is 6.18 Å². The van der Waals surface area contributed by atoms with Gasteiger partial charge in [-0.3, -0.25) is 0 Å². The van der Waals surface area contributed by atoms with Gasteiger partial charge in [0.15, 0.2) is 0 Å². The van der Waals surface area contributed by atoms with E-state index in [9.17, 15) is 13.2 Å². The first-order valence-electron chi connectivity index (χ1n) is 4.02. The van der Waals surface area contributed by atoms with Crippen molar-refractivity contribution in [3.8, 4) is 0 Å². The van der Waals surface area contributed by atoms with Crippen LogP contribution in [0, 0.1) is 10.8 Å². The topological polar surface area (TPSA) is 0 Å². The molecule has 0 saturated heterocycles. The van der Waals surface area contributed by atoms with E-state index in [0.717, 1.165) is 0 Å². The smallest absolute Gasteiger partial charge is 0.171 e. The van der Waals surface area contributed by atoms with Crippen molar-refractivity contribution in [3.05, 3.63) is 0 Å². The monoisotopic (exact) mass is 182 g/mol. The van der Waals surface area contributed by atoms with Crippen LogP contribution in [0.5, 0.6) is 0 Å². The van der Waals surface area contributed by atoms with E-state index in [0.29, 0.717) is 0 Å². The summed E-state index contributed by atoms with van der Waals surface area (Å²) in [6.07, 6.45) is -4.78. The first-order valence-corrected chi connectivity index (χ1v) is 4.02. The first kappa shape index (κ1) is 11.8. The molecule has 0 spiro atoms.